The van der Waals surface area contributed by atoms with Gasteiger partial charge in [0.25, 0.3) is 0 Å². The van der Waals surface area contributed by atoms with Gasteiger partial charge in [0.05, 0.1) is 11.2 Å². The largest absolute Gasteiger partial charge is 0.367 e. The lowest BCUT2D eigenvalue weighted by Gasteiger charge is -2.38. The van der Waals surface area contributed by atoms with Crippen LogP contribution in [-0.2, 0) is 4.74 Å². The molecule has 1 heterocycles. The van der Waals surface area contributed by atoms with Crippen molar-refractivity contribution in [3.8, 4) is 0 Å². The second-order valence-corrected chi connectivity index (χ2v) is 6.73. The highest BCUT2D eigenvalue weighted by Gasteiger charge is 2.44. The van der Waals surface area contributed by atoms with E-state index in [0.29, 0.717) is 23.2 Å². The standard InChI is InChI=1S/C16H25ClN2O2/c1-5-21-16(8-6-12(4)7-9-16)15(20)14-13(17)10-18-19(14)11(2)3/h10-12H,5-9H2,1-4H3. The fourth-order valence-corrected chi connectivity index (χ4v) is 3.32. The number of ketones is 1. The topological polar surface area (TPSA) is 44.1 Å². The second kappa shape index (κ2) is 6.49. The predicted octanol–water partition coefficient (Wildman–Crippen LogP) is 4.29. The molecule has 1 fully saturated rings. The quantitative estimate of drug-likeness (QED) is 0.762. The molecule has 0 spiro atoms. The number of ether oxygens (including phenoxy) is 1. The Labute approximate surface area is 131 Å². The van der Waals surface area contributed by atoms with E-state index < -0.39 is 5.60 Å². The van der Waals surface area contributed by atoms with Gasteiger partial charge in [0.1, 0.15) is 11.3 Å². The molecule has 21 heavy (non-hydrogen) atoms. The van der Waals surface area contributed by atoms with Crippen LogP contribution in [0.1, 0.15) is 69.9 Å². The third-order valence-electron chi connectivity index (χ3n) is 4.37. The summed E-state index contributed by atoms with van der Waals surface area (Å²) in [6.07, 6.45) is 5.11. The molecular weight excluding hydrogens is 288 g/mol. The zero-order valence-electron chi connectivity index (χ0n) is 13.4. The molecule has 1 saturated carbocycles. The summed E-state index contributed by atoms with van der Waals surface area (Å²) in [7, 11) is 0. The number of aromatic nitrogens is 2. The van der Waals surface area contributed by atoms with Crippen molar-refractivity contribution in [1.82, 2.24) is 9.78 Å². The predicted molar refractivity (Wildman–Crippen MR) is 83.9 cm³/mol. The van der Waals surface area contributed by atoms with Gasteiger partial charge in [-0.3, -0.25) is 9.48 Å². The Hall–Kier alpha value is -0.870. The van der Waals surface area contributed by atoms with Crippen molar-refractivity contribution in [2.75, 3.05) is 6.61 Å². The third-order valence-corrected chi connectivity index (χ3v) is 4.65. The van der Waals surface area contributed by atoms with Crippen LogP contribution in [0.2, 0.25) is 5.02 Å². The van der Waals surface area contributed by atoms with E-state index in [1.165, 1.54) is 0 Å². The van der Waals surface area contributed by atoms with Crippen LogP contribution in [0.4, 0.5) is 0 Å². The number of hydrogen-bond acceptors (Lipinski definition) is 3. The molecule has 5 heteroatoms. The van der Waals surface area contributed by atoms with Gasteiger partial charge in [-0.15, -0.1) is 0 Å². The molecule has 2 rings (SSSR count). The van der Waals surface area contributed by atoms with Crippen LogP contribution in [0.15, 0.2) is 6.20 Å². The van der Waals surface area contributed by atoms with Crippen molar-refractivity contribution >= 4 is 17.4 Å². The summed E-state index contributed by atoms with van der Waals surface area (Å²) in [5, 5.41) is 4.67. The van der Waals surface area contributed by atoms with Gasteiger partial charge < -0.3 is 4.74 Å². The minimum atomic E-state index is -0.725. The molecule has 0 saturated heterocycles. The van der Waals surface area contributed by atoms with E-state index >= 15 is 0 Å². The van der Waals surface area contributed by atoms with Gasteiger partial charge in [0.2, 0.25) is 5.78 Å². The Morgan fingerprint density at radius 2 is 2.14 bits per heavy atom. The van der Waals surface area contributed by atoms with E-state index in [-0.39, 0.29) is 11.8 Å². The number of nitrogens with zero attached hydrogens (tertiary/aromatic N) is 2. The summed E-state index contributed by atoms with van der Waals surface area (Å²) in [6.45, 7) is 8.69. The molecule has 1 aliphatic carbocycles. The molecule has 1 aliphatic rings. The lowest BCUT2D eigenvalue weighted by atomic mass is 9.76. The van der Waals surface area contributed by atoms with E-state index in [4.69, 9.17) is 16.3 Å². The number of carbonyl (C=O) groups excluding carboxylic acids is 1. The maximum Gasteiger partial charge on any atom is 0.214 e. The van der Waals surface area contributed by atoms with Crippen molar-refractivity contribution in [1.29, 1.82) is 0 Å². The van der Waals surface area contributed by atoms with Crippen molar-refractivity contribution in [2.24, 2.45) is 5.92 Å². The summed E-state index contributed by atoms with van der Waals surface area (Å²) in [5.41, 5.74) is -0.230. The molecular formula is C16H25ClN2O2. The average molecular weight is 313 g/mol. The third kappa shape index (κ3) is 3.16. The van der Waals surface area contributed by atoms with Gasteiger partial charge in [-0.2, -0.15) is 5.10 Å². The summed E-state index contributed by atoms with van der Waals surface area (Å²) < 4.78 is 7.66. The van der Waals surface area contributed by atoms with Gasteiger partial charge >= 0.3 is 0 Å². The first-order chi connectivity index (χ1) is 9.91. The molecule has 0 atom stereocenters. The van der Waals surface area contributed by atoms with Crippen LogP contribution < -0.4 is 0 Å². The lowest BCUT2D eigenvalue weighted by Crippen LogP contribution is -2.45. The second-order valence-electron chi connectivity index (χ2n) is 6.32. The molecule has 0 unspecified atom stereocenters. The fourth-order valence-electron chi connectivity index (χ4n) is 3.10. The first-order valence-electron chi connectivity index (χ1n) is 7.83. The molecule has 0 bridgehead atoms. The highest BCUT2D eigenvalue weighted by molar-refractivity contribution is 6.34. The van der Waals surface area contributed by atoms with Crippen LogP contribution in [-0.4, -0.2) is 27.8 Å². The van der Waals surface area contributed by atoms with Crippen LogP contribution >= 0.6 is 11.6 Å². The van der Waals surface area contributed by atoms with Gasteiger partial charge in [-0.05, 0) is 52.4 Å². The van der Waals surface area contributed by atoms with Gasteiger partial charge in [-0.25, -0.2) is 0 Å². The summed E-state index contributed by atoms with van der Waals surface area (Å²) in [4.78, 5) is 13.2. The molecule has 1 aromatic heterocycles. The molecule has 0 radical (unpaired) electrons. The van der Waals surface area contributed by atoms with Crippen LogP contribution in [0, 0.1) is 5.92 Å². The SMILES string of the molecule is CCOC1(C(=O)c2c(Cl)cnn2C(C)C)CCC(C)CC1. The molecule has 0 amide bonds. The number of carbonyl (C=O) groups is 1. The van der Waals surface area contributed by atoms with E-state index in [0.717, 1.165) is 25.7 Å². The zero-order chi connectivity index (χ0) is 15.6. The minimum Gasteiger partial charge on any atom is -0.367 e. The number of rotatable bonds is 5. The first-order valence-corrected chi connectivity index (χ1v) is 8.21. The van der Waals surface area contributed by atoms with Gasteiger partial charge in [-0.1, -0.05) is 18.5 Å². The van der Waals surface area contributed by atoms with Crippen molar-refractivity contribution in [2.45, 2.75) is 65.0 Å². The Balaban J connectivity index is 2.37. The highest BCUT2D eigenvalue weighted by Crippen LogP contribution is 2.38. The Morgan fingerprint density at radius 1 is 1.52 bits per heavy atom. The monoisotopic (exact) mass is 312 g/mol. The van der Waals surface area contributed by atoms with Crippen LogP contribution in [0.5, 0.6) is 0 Å². The smallest absolute Gasteiger partial charge is 0.214 e. The van der Waals surface area contributed by atoms with E-state index in [9.17, 15) is 4.79 Å². The zero-order valence-corrected chi connectivity index (χ0v) is 14.1. The fraction of sp³-hybridized carbons (Fsp3) is 0.750. The number of hydrogen-bond donors (Lipinski definition) is 0. The summed E-state index contributed by atoms with van der Waals surface area (Å²) >= 11 is 6.23. The average Bonchev–Trinajstić information content (AvgIpc) is 2.83. The maximum atomic E-state index is 13.2. The summed E-state index contributed by atoms with van der Waals surface area (Å²) in [6, 6.07) is 0.0950. The molecule has 4 nitrogen and oxygen atoms in total. The molecule has 1 aromatic rings. The molecule has 118 valence electrons. The first kappa shape index (κ1) is 16.5. The lowest BCUT2D eigenvalue weighted by molar-refractivity contribution is -0.0480. The Bertz CT molecular complexity index is 502. The van der Waals surface area contributed by atoms with E-state index in [1.54, 1.807) is 10.9 Å². The molecule has 0 N–H and O–H groups in total. The van der Waals surface area contributed by atoms with E-state index in [2.05, 4.69) is 12.0 Å². The van der Waals surface area contributed by atoms with Gasteiger partial charge in [0.15, 0.2) is 0 Å². The van der Waals surface area contributed by atoms with Crippen molar-refractivity contribution in [3.05, 3.63) is 16.9 Å². The highest BCUT2D eigenvalue weighted by atomic mass is 35.5. The number of Topliss-reactive ketones (excluding diaryl/α,β-unsaturated/α-hetero) is 1. The Kier molecular flexibility index (Phi) is 5.10. The van der Waals surface area contributed by atoms with Gasteiger partial charge in [0, 0.05) is 12.6 Å². The maximum absolute atomic E-state index is 13.2. The van der Waals surface area contributed by atoms with Crippen LogP contribution in [0.3, 0.4) is 0 Å². The molecule has 0 aliphatic heterocycles. The van der Waals surface area contributed by atoms with E-state index in [1.807, 2.05) is 20.8 Å². The molecule has 0 aromatic carbocycles. The number of halogens is 1. The normalized spacial score (nSPS) is 26.3. The van der Waals surface area contributed by atoms with Crippen molar-refractivity contribution < 1.29 is 9.53 Å². The van der Waals surface area contributed by atoms with Crippen molar-refractivity contribution in [3.63, 3.8) is 0 Å². The minimum absolute atomic E-state index is 0.00699. The summed E-state index contributed by atoms with van der Waals surface area (Å²) in [5.74, 6) is 0.643. The van der Waals surface area contributed by atoms with Crippen LogP contribution in [0.25, 0.3) is 0 Å². The Morgan fingerprint density at radius 3 is 2.67 bits per heavy atom.